The van der Waals surface area contributed by atoms with Crippen LogP contribution in [0.2, 0.25) is 0 Å². The number of rotatable bonds is 3. The van der Waals surface area contributed by atoms with Crippen LogP contribution in [0.5, 0.6) is 0 Å². The number of aromatic nitrogens is 4. The highest BCUT2D eigenvalue weighted by Crippen LogP contribution is 2.19. The first-order chi connectivity index (χ1) is 9.24. The van der Waals surface area contributed by atoms with Crippen molar-refractivity contribution < 1.29 is 4.79 Å². The van der Waals surface area contributed by atoms with E-state index in [1.807, 2.05) is 25.4 Å². The van der Waals surface area contributed by atoms with Crippen LogP contribution in [-0.4, -0.2) is 25.5 Å². The summed E-state index contributed by atoms with van der Waals surface area (Å²) < 4.78 is 1.75. The smallest absolute Gasteiger partial charge is 0.228 e. The molecule has 0 bridgehead atoms. The van der Waals surface area contributed by atoms with Gasteiger partial charge < -0.3 is 4.98 Å². The van der Waals surface area contributed by atoms with Gasteiger partial charge in [0.2, 0.25) is 5.78 Å². The predicted molar refractivity (Wildman–Crippen MR) is 70.7 cm³/mol. The summed E-state index contributed by atoms with van der Waals surface area (Å²) in [5, 5.41) is 4.13. The van der Waals surface area contributed by atoms with Gasteiger partial charge in [0.15, 0.2) is 5.82 Å². The molecule has 0 saturated heterocycles. The molecule has 5 heteroatoms. The molecule has 19 heavy (non-hydrogen) atoms. The Morgan fingerprint density at radius 2 is 2.00 bits per heavy atom. The molecule has 3 aromatic rings. The van der Waals surface area contributed by atoms with Gasteiger partial charge in [0.05, 0.1) is 6.20 Å². The van der Waals surface area contributed by atoms with E-state index in [4.69, 9.17) is 0 Å². The van der Waals surface area contributed by atoms with Gasteiger partial charge in [-0.25, -0.2) is 4.98 Å². The van der Waals surface area contributed by atoms with Crippen LogP contribution in [0.25, 0.3) is 11.1 Å². The van der Waals surface area contributed by atoms with E-state index in [9.17, 15) is 4.79 Å². The molecule has 2 aromatic heterocycles. The first-order valence-electron chi connectivity index (χ1n) is 5.87. The molecule has 3 rings (SSSR count). The Balaban J connectivity index is 1.89. The Bertz CT molecular complexity index is 695. The molecule has 0 saturated carbocycles. The van der Waals surface area contributed by atoms with Crippen molar-refractivity contribution in [2.45, 2.75) is 0 Å². The summed E-state index contributed by atoms with van der Waals surface area (Å²) in [6.45, 7) is 0. The Hall–Kier alpha value is -2.69. The van der Waals surface area contributed by atoms with Crippen LogP contribution in [0.1, 0.15) is 16.2 Å². The molecule has 0 amide bonds. The Morgan fingerprint density at radius 3 is 2.58 bits per heavy atom. The van der Waals surface area contributed by atoms with Crippen molar-refractivity contribution in [2.24, 2.45) is 7.05 Å². The first kappa shape index (κ1) is 11.4. The molecule has 94 valence electrons. The van der Waals surface area contributed by atoms with E-state index in [0.29, 0.717) is 11.4 Å². The number of imidazole rings is 1. The lowest BCUT2D eigenvalue weighted by Crippen LogP contribution is -2.03. The third kappa shape index (κ3) is 2.18. The third-order valence-corrected chi connectivity index (χ3v) is 2.90. The van der Waals surface area contributed by atoms with Crippen molar-refractivity contribution >= 4 is 5.78 Å². The van der Waals surface area contributed by atoms with Gasteiger partial charge in [-0.1, -0.05) is 24.3 Å². The summed E-state index contributed by atoms with van der Waals surface area (Å²) in [6, 6.07) is 7.42. The first-order valence-corrected chi connectivity index (χ1v) is 5.87. The molecule has 0 fully saturated rings. The Kier molecular flexibility index (Phi) is 2.72. The normalized spacial score (nSPS) is 10.6. The maximum atomic E-state index is 12.0. The number of H-pyrrole nitrogens is 1. The van der Waals surface area contributed by atoms with E-state index in [0.717, 1.165) is 11.1 Å². The fraction of sp³-hybridized carbons (Fsp3) is 0.0714. The molecule has 0 spiro atoms. The predicted octanol–water partition coefficient (Wildman–Crippen LogP) is 2.04. The lowest BCUT2D eigenvalue weighted by molar-refractivity contribution is 0.103. The molecule has 0 aliphatic rings. The largest absolute Gasteiger partial charge is 0.342 e. The van der Waals surface area contributed by atoms with Gasteiger partial charge in [-0.15, -0.1) is 0 Å². The Labute approximate surface area is 109 Å². The molecule has 1 aromatic carbocycles. The fourth-order valence-corrected chi connectivity index (χ4v) is 1.91. The minimum absolute atomic E-state index is 0.109. The monoisotopic (exact) mass is 252 g/mol. The number of ketones is 1. The lowest BCUT2D eigenvalue weighted by atomic mass is 10.0. The second-order valence-corrected chi connectivity index (χ2v) is 4.25. The maximum absolute atomic E-state index is 12.0. The second-order valence-electron chi connectivity index (χ2n) is 4.25. The van der Waals surface area contributed by atoms with E-state index >= 15 is 0 Å². The van der Waals surface area contributed by atoms with Crippen LogP contribution in [-0.2, 0) is 7.05 Å². The number of benzene rings is 1. The van der Waals surface area contributed by atoms with E-state index in [1.54, 1.807) is 35.4 Å². The average molecular weight is 252 g/mol. The molecule has 0 aliphatic carbocycles. The number of aryl methyl sites for hydroxylation is 1. The zero-order chi connectivity index (χ0) is 13.2. The van der Waals surface area contributed by atoms with Crippen LogP contribution in [0.4, 0.5) is 0 Å². The highest BCUT2D eigenvalue weighted by atomic mass is 16.1. The van der Waals surface area contributed by atoms with Gasteiger partial charge in [0, 0.05) is 36.8 Å². The minimum atomic E-state index is -0.109. The molecule has 0 unspecified atom stereocenters. The van der Waals surface area contributed by atoms with Crippen LogP contribution < -0.4 is 0 Å². The van der Waals surface area contributed by atoms with Gasteiger partial charge in [0.1, 0.15) is 0 Å². The highest BCUT2D eigenvalue weighted by Gasteiger charge is 2.11. The van der Waals surface area contributed by atoms with Crippen molar-refractivity contribution in [3.63, 3.8) is 0 Å². The van der Waals surface area contributed by atoms with Crippen molar-refractivity contribution in [2.75, 3.05) is 0 Å². The number of carbonyl (C=O) groups excluding carboxylic acids is 1. The summed E-state index contributed by atoms with van der Waals surface area (Å²) in [5.74, 6) is 0.247. The number of carbonyl (C=O) groups is 1. The Morgan fingerprint density at radius 1 is 1.21 bits per heavy atom. The summed E-state index contributed by atoms with van der Waals surface area (Å²) >= 11 is 0. The van der Waals surface area contributed by atoms with Gasteiger partial charge in [-0.05, 0) is 5.56 Å². The van der Waals surface area contributed by atoms with Gasteiger partial charge in [-0.3, -0.25) is 9.48 Å². The summed E-state index contributed by atoms with van der Waals surface area (Å²) in [6.07, 6.45) is 6.93. The molecular weight excluding hydrogens is 240 g/mol. The topological polar surface area (TPSA) is 63.6 Å². The van der Waals surface area contributed by atoms with Crippen LogP contribution in [0, 0.1) is 0 Å². The molecular formula is C14H12N4O. The van der Waals surface area contributed by atoms with E-state index in [-0.39, 0.29) is 5.78 Å². The van der Waals surface area contributed by atoms with Crippen molar-refractivity contribution in [3.8, 4) is 11.1 Å². The second kappa shape index (κ2) is 4.53. The lowest BCUT2D eigenvalue weighted by Gasteiger charge is -2.00. The number of aromatic amines is 1. The molecule has 2 heterocycles. The molecule has 1 N–H and O–H groups in total. The standard InChI is InChI=1S/C14H12N4O/c1-18-9-12(8-17-18)10-2-4-11(5-3-10)13(19)14-15-6-7-16-14/h2-9H,1H3,(H,15,16). The highest BCUT2D eigenvalue weighted by molar-refractivity contribution is 6.06. The van der Waals surface area contributed by atoms with Gasteiger partial charge in [-0.2, -0.15) is 5.10 Å². The minimum Gasteiger partial charge on any atom is -0.342 e. The zero-order valence-corrected chi connectivity index (χ0v) is 10.4. The summed E-state index contributed by atoms with van der Waals surface area (Å²) in [4.78, 5) is 18.8. The SMILES string of the molecule is Cn1cc(-c2ccc(C(=O)c3ncc[nH]3)cc2)cn1. The summed E-state index contributed by atoms with van der Waals surface area (Å²) in [7, 11) is 1.87. The van der Waals surface area contributed by atoms with Gasteiger partial charge in [0.25, 0.3) is 0 Å². The molecule has 5 nitrogen and oxygen atoms in total. The third-order valence-electron chi connectivity index (χ3n) is 2.90. The summed E-state index contributed by atoms with van der Waals surface area (Å²) in [5.41, 5.74) is 2.67. The number of hydrogen-bond donors (Lipinski definition) is 1. The van der Waals surface area contributed by atoms with E-state index in [1.165, 1.54) is 0 Å². The maximum Gasteiger partial charge on any atom is 0.228 e. The quantitative estimate of drug-likeness (QED) is 0.725. The average Bonchev–Trinajstić information content (AvgIpc) is 3.09. The van der Waals surface area contributed by atoms with Crippen molar-refractivity contribution in [1.29, 1.82) is 0 Å². The number of nitrogens with one attached hydrogen (secondary N) is 1. The van der Waals surface area contributed by atoms with Crippen LogP contribution in [0.15, 0.2) is 49.1 Å². The van der Waals surface area contributed by atoms with E-state index in [2.05, 4.69) is 15.1 Å². The van der Waals surface area contributed by atoms with Crippen molar-refractivity contribution in [3.05, 3.63) is 60.4 Å². The molecule has 0 radical (unpaired) electrons. The van der Waals surface area contributed by atoms with Crippen LogP contribution in [0.3, 0.4) is 0 Å². The van der Waals surface area contributed by atoms with Crippen LogP contribution >= 0.6 is 0 Å². The number of nitrogens with zero attached hydrogens (tertiary/aromatic N) is 3. The zero-order valence-electron chi connectivity index (χ0n) is 10.4. The number of hydrogen-bond acceptors (Lipinski definition) is 3. The van der Waals surface area contributed by atoms with Crippen molar-refractivity contribution in [1.82, 2.24) is 19.7 Å². The fourth-order valence-electron chi connectivity index (χ4n) is 1.91. The molecule has 0 aliphatic heterocycles. The molecule has 0 atom stereocenters. The van der Waals surface area contributed by atoms with Gasteiger partial charge >= 0.3 is 0 Å². The van der Waals surface area contributed by atoms with E-state index < -0.39 is 0 Å².